The van der Waals surface area contributed by atoms with Crippen LogP contribution in [-0.4, -0.2) is 23.3 Å². The predicted octanol–water partition coefficient (Wildman–Crippen LogP) is 5.19. The van der Waals surface area contributed by atoms with E-state index in [1.54, 1.807) is 23.8 Å². The summed E-state index contributed by atoms with van der Waals surface area (Å²) in [4.78, 5) is 18.0. The first kappa shape index (κ1) is 20.0. The molecule has 30 heavy (non-hydrogen) atoms. The van der Waals surface area contributed by atoms with Gasteiger partial charge in [0.25, 0.3) is 5.56 Å². The minimum Gasteiger partial charge on any atom is -0.497 e. The number of nitrogens with zero attached hydrogens (tertiary/aromatic N) is 2. The number of benzene rings is 3. The van der Waals surface area contributed by atoms with Crippen molar-refractivity contribution in [2.75, 3.05) is 13.7 Å². The van der Waals surface area contributed by atoms with Gasteiger partial charge in [0.2, 0.25) is 0 Å². The van der Waals surface area contributed by atoms with E-state index < -0.39 is 0 Å². The maximum atomic E-state index is 13.2. The Balaban J connectivity index is 1.61. The summed E-state index contributed by atoms with van der Waals surface area (Å²) in [6.45, 7) is 0.967. The molecular weight excluding hydrogens is 400 g/mol. The van der Waals surface area contributed by atoms with Crippen LogP contribution in [0.1, 0.15) is 6.42 Å². The second kappa shape index (κ2) is 9.01. The summed E-state index contributed by atoms with van der Waals surface area (Å²) in [6.07, 6.45) is 0.658. The molecule has 0 fully saturated rings. The van der Waals surface area contributed by atoms with Crippen molar-refractivity contribution in [2.45, 2.75) is 13.0 Å². The molecule has 6 heteroatoms. The van der Waals surface area contributed by atoms with Gasteiger partial charge in [0.1, 0.15) is 17.3 Å². The van der Waals surface area contributed by atoms with E-state index in [4.69, 9.17) is 26.1 Å². The average molecular weight is 421 g/mol. The van der Waals surface area contributed by atoms with Crippen molar-refractivity contribution in [1.82, 2.24) is 9.55 Å². The van der Waals surface area contributed by atoms with Crippen LogP contribution in [0, 0.1) is 0 Å². The molecule has 0 saturated heterocycles. The van der Waals surface area contributed by atoms with Gasteiger partial charge in [0, 0.05) is 17.1 Å². The Labute approximate surface area is 179 Å². The maximum absolute atomic E-state index is 13.2. The minimum atomic E-state index is -0.0575. The number of halogens is 1. The number of hydrogen-bond donors (Lipinski definition) is 0. The molecule has 3 aromatic carbocycles. The molecule has 0 unspecified atom stereocenters. The first-order valence-corrected chi connectivity index (χ1v) is 10.1. The highest BCUT2D eigenvalue weighted by Crippen LogP contribution is 2.22. The first-order valence-electron chi connectivity index (χ1n) is 9.68. The van der Waals surface area contributed by atoms with Crippen LogP contribution in [0.15, 0.2) is 77.6 Å². The van der Waals surface area contributed by atoms with Gasteiger partial charge in [-0.2, -0.15) is 0 Å². The van der Waals surface area contributed by atoms with Crippen molar-refractivity contribution in [3.63, 3.8) is 0 Å². The zero-order valence-corrected chi connectivity index (χ0v) is 17.3. The Kier molecular flexibility index (Phi) is 6.00. The summed E-state index contributed by atoms with van der Waals surface area (Å²) < 4.78 is 12.7. The van der Waals surface area contributed by atoms with Gasteiger partial charge in [0.05, 0.1) is 24.6 Å². The zero-order valence-electron chi connectivity index (χ0n) is 16.5. The van der Waals surface area contributed by atoms with Crippen LogP contribution in [0.4, 0.5) is 0 Å². The van der Waals surface area contributed by atoms with Gasteiger partial charge in [-0.25, -0.2) is 4.98 Å². The third kappa shape index (κ3) is 4.31. The van der Waals surface area contributed by atoms with E-state index in [0.717, 1.165) is 17.1 Å². The second-order valence-corrected chi connectivity index (χ2v) is 7.23. The molecule has 0 atom stereocenters. The predicted molar refractivity (Wildman–Crippen MR) is 120 cm³/mol. The second-order valence-electron chi connectivity index (χ2n) is 6.79. The summed E-state index contributed by atoms with van der Waals surface area (Å²) >= 11 is 5.90. The summed E-state index contributed by atoms with van der Waals surface area (Å²) in [5.41, 5.74) is 1.48. The average Bonchev–Trinajstić information content (AvgIpc) is 2.79. The van der Waals surface area contributed by atoms with E-state index in [0.29, 0.717) is 41.3 Å². The normalized spacial score (nSPS) is 10.9. The van der Waals surface area contributed by atoms with Gasteiger partial charge in [-0.1, -0.05) is 23.7 Å². The number of ether oxygens (including phenoxy) is 2. The number of hydrogen-bond acceptors (Lipinski definition) is 4. The fourth-order valence-electron chi connectivity index (χ4n) is 3.28. The van der Waals surface area contributed by atoms with E-state index >= 15 is 0 Å². The fourth-order valence-corrected chi connectivity index (χ4v) is 3.41. The number of methoxy groups -OCH3 is 1. The van der Waals surface area contributed by atoms with E-state index in [-0.39, 0.29) is 5.56 Å². The molecule has 0 radical (unpaired) electrons. The summed E-state index contributed by atoms with van der Waals surface area (Å²) in [7, 11) is 1.62. The smallest absolute Gasteiger partial charge is 0.261 e. The molecule has 0 aliphatic heterocycles. The van der Waals surface area contributed by atoms with Crippen LogP contribution < -0.4 is 15.0 Å². The number of rotatable bonds is 7. The maximum Gasteiger partial charge on any atom is 0.261 e. The lowest BCUT2D eigenvalue weighted by Crippen LogP contribution is -2.24. The molecule has 0 aliphatic carbocycles. The lowest BCUT2D eigenvalue weighted by molar-refractivity contribution is 0.301. The fraction of sp³-hybridized carbons (Fsp3) is 0.167. The van der Waals surface area contributed by atoms with E-state index in [2.05, 4.69) is 0 Å². The van der Waals surface area contributed by atoms with Crippen molar-refractivity contribution in [3.8, 4) is 22.9 Å². The van der Waals surface area contributed by atoms with Gasteiger partial charge in [0.15, 0.2) is 0 Å². The highest BCUT2D eigenvalue weighted by molar-refractivity contribution is 6.30. The summed E-state index contributed by atoms with van der Waals surface area (Å²) in [5, 5.41) is 1.27. The topological polar surface area (TPSA) is 53.3 Å². The molecule has 0 saturated carbocycles. The summed E-state index contributed by atoms with van der Waals surface area (Å²) in [5.74, 6) is 2.14. The highest BCUT2D eigenvalue weighted by Gasteiger charge is 2.13. The highest BCUT2D eigenvalue weighted by atomic mass is 35.5. The number of fused-ring (bicyclic) bond motifs is 1. The largest absolute Gasteiger partial charge is 0.497 e. The number of aromatic nitrogens is 2. The monoisotopic (exact) mass is 420 g/mol. The van der Waals surface area contributed by atoms with Crippen LogP contribution in [0.2, 0.25) is 5.02 Å². The molecule has 1 aromatic heterocycles. The van der Waals surface area contributed by atoms with Gasteiger partial charge < -0.3 is 9.47 Å². The molecular formula is C24H21ClN2O3. The Morgan fingerprint density at radius 1 is 0.933 bits per heavy atom. The molecule has 0 N–H and O–H groups in total. The Morgan fingerprint density at radius 3 is 2.37 bits per heavy atom. The minimum absolute atomic E-state index is 0.0575. The molecule has 0 spiro atoms. The van der Waals surface area contributed by atoms with Gasteiger partial charge in [-0.15, -0.1) is 0 Å². The molecule has 0 aliphatic rings. The van der Waals surface area contributed by atoms with Crippen molar-refractivity contribution >= 4 is 22.5 Å². The molecule has 152 valence electrons. The Morgan fingerprint density at radius 2 is 1.63 bits per heavy atom. The van der Waals surface area contributed by atoms with Gasteiger partial charge in [-0.3, -0.25) is 9.36 Å². The lowest BCUT2D eigenvalue weighted by Gasteiger charge is -2.14. The third-order valence-electron chi connectivity index (χ3n) is 4.82. The van der Waals surface area contributed by atoms with Crippen LogP contribution in [-0.2, 0) is 6.54 Å². The van der Waals surface area contributed by atoms with E-state index in [1.807, 2.05) is 60.7 Å². The zero-order chi connectivity index (χ0) is 20.9. The Bertz CT molecular complexity index is 1200. The molecule has 5 nitrogen and oxygen atoms in total. The van der Waals surface area contributed by atoms with Crippen LogP contribution >= 0.6 is 11.6 Å². The third-order valence-corrected chi connectivity index (χ3v) is 5.07. The van der Waals surface area contributed by atoms with E-state index in [1.165, 1.54) is 0 Å². The lowest BCUT2D eigenvalue weighted by atomic mass is 10.1. The van der Waals surface area contributed by atoms with Crippen molar-refractivity contribution < 1.29 is 9.47 Å². The molecule has 0 bridgehead atoms. The van der Waals surface area contributed by atoms with Crippen LogP contribution in [0.3, 0.4) is 0 Å². The molecule has 4 aromatic rings. The van der Waals surface area contributed by atoms with Crippen molar-refractivity contribution in [1.29, 1.82) is 0 Å². The van der Waals surface area contributed by atoms with E-state index in [9.17, 15) is 4.79 Å². The first-order chi connectivity index (χ1) is 14.7. The quantitative estimate of drug-likeness (QED) is 0.386. The van der Waals surface area contributed by atoms with Crippen molar-refractivity contribution in [2.24, 2.45) is 0 Å². The summed E-state index contributed by atoms with van der Waals surface area (Å²) in [6, 6.07) is 22.2. The SMILES string of the molecule is COc1ccc(-c2nc3ccccc3c(=O)n2CCCOc2ccc(Cl)cc2)cc1. The molecule has 4 rings (SSSR count). The van der Waals surface area contributed by atoms with Crippen molar-refractivity contribution in [3.05, 3.63) is 88.2 Å². The van der Waals surface area contributed by atoms with Crippen LogP contribution in [0.5, 0.6) is 11.5 Å². The molecule has 0 amide bonds. The standard InChI is InChI=1S/C24H21ClN2O3/c1-29-19-11-7-17(8-12-19)23-26-22-6-3-2-5-21(22)24(28)27(23)15-4-16-30-20-13-9-18(25)10-14-20/h2-3,5-14H,4,15-16H2,1H3. The van der Waals surface area contributed by atoms with Gasteiger partial charge >= 0.3 is 0 Å². The van der Waals surface area contributed by atoms with Crippen LogP contribution in [0.25, 0.3) is 22.3 Å². The molecule has 1 heterocycles. The number of para-hydroxylation sites is 1. The Hall–Kier alpha value is -3.31. The van der Waals surface area contributed by atoms with Gasteiger partial charge in [-0.05, 0) is 67.1 Å².